The Morgan fingerprint density at radius 2 is 2.44 bits per heavy atom. The van der Waals surface area contributed by atoms with E-state index >= 15 is 0 Å². The fraction of sp³-hybridized carbons (Fsp3) is 0. The molecule has 0 saturated heterocycles. The van der Waals surface area contributed by atoms with E-state index < -0.39 is 0 Å². The van der Waals surface area contributed by atoms with E-state index in [1.165, 1.54) is 0 Å². The molecule has 46 valence electrons. The summed E-state index contributed by atoms with van der Waals surface area (Å²) in [5.41, 5.74) is 0.926. The molecule has 2 heteroatoms. The molecule has 0 aromatic carbocycles. The van der Waals surface area contributed by atoms with Gasteiger partial charge in [-0.05, 0) is 24.2 Å². The van der Waals surface area contributed by atoms with Gasteiger partial charge >= 0.3 is 0 Å². The second-order valence-corrected chi connectivity index (χ2v) is 2.48. The standard InChI is InChI=1S/C7H7NS/c1-3-7-6(8-2)4-5-9-7/h3-5H,1-2H2. The molecule has 9 heavy (non-hydrogen) atoms. The van der Waals surface area contributed by atoms with Crippen LogP contribution >= 0.6 is 11.3 Å². The largest absolute Gasteiger partial charge is 0.263 e. The first-order valence-electron chi connectivity index (χ1n) is 2.55. The predicted molar refractivity (Wildman–Crippen MR) is 43.6 cm³/mol. The van der Waals surface area contributed by atoms with Crippen molar-refractivity contribution in [1.82, 2.24) is 0 Å². The summed E-state index contributed by atoms with van der Waals surface area (Å²) in [4.78, 5) is 4.88. The molecule has 1 aromatic rings. The van der Waals surface area contributed by atoms with Crippen LogP contribution in [0.3, 0.4) is 0 Å². The molecule has 1 nitrogen and oxygen atoms in total. The first-order chi connectivity index (χ1) is 4.38. The zero-order valence-corrected chi connectivity index (χ0v) is 5.82. The minimum Gasteiger partial charge on any atom is -0.263 e. The number of nitrogens with zero attached hydrogens (tertiary/aromatic N) is 1. The van der Waals surface area contributed by atoms with Crippen molar-refractivity contribution in [2.24, 2.45) is 4.99 Å². The quantitative estimate of drug-likeness (QED) is 0.556. The van der Waals surface area contributed by atoms with E-state index in [4.69, 9.17) is 0 Å². The van der Waals surface area contributed by atoms with Gasteiger partial charge in [-0.3, -0.25) is 4.99 Å². The summed E-state index contributed by atoms with van der Waals surface area (Å²) < 4.78 is 0. The topological polar surface area (TPSA) is 12.4 Å². The number of hydrogen-bond donors (Lipinski definition) is 0. The average molecular weight is 137 g/mol. The summed E-state index contributed by atoms with van der Waals surface area (Å²) in [6.45, 7) is 7.06. The Bertz CT molecular complexity index is 202. The summed E-state index contributed by atoms with van der Waals surface area (Å²) in [6, 6.07) is 1.93. The van der Waals surface area contributed by atoms with Crippen molar-refractivity contribution in [3.63, 3.8) is 0 Å². The lowest BCUT2D eigenvalue weighted by Crippen LogP contribution is -1.56. The van der Waals surface area contributed by atoms with E-state index in [2.05, 4.69) is 18.3 Å². The molecule has 0 radical (unpaired) electrons. The Morgan fingerprint density at radius 1 is 1.67 bits per heavy atom. The van der Waals surface area contributed by atoms with Crippen molar-refractivity contribution in [2.75, 3.05) is 0 Å². The third kappa shape index (κ3) is 1.08. The summed E-state index contributed by atoms with van der Waals surface area (Å²) >= 11 is 1.62. The Kier molecular flexibility index (Phi) is 1.80. The van der Waals surface area contributed by atoms with Gasteiger partial charge in [-0.2, -0.15) is 0 Å². The first kappa shape index (κ1) is 6.23. The third-order valence-corrected chi connectivity index (χ3v) is 1.93. The van der Waals surface area contributed by atoms with Crippen LogP contribution in [0.1, 0.15) is 4.88 Å². The summed E-state index contributed by atoms with van der Waals surface area (Å²) in [7, 11) is 0. The molecule has 0 aliphatic heterocycles. The fourth-order valence-corrected chi connectivity index (χ4v) is 1.29. The van der Waals surface area contributed by atoms with E-state index in [0.29, 0.717) is 0 Å². The molecule has 0 aliphatic rings. The van der Waals surface area contributed by atoms with Crippen LogP contribution in [0, 0.1) is 0 Å². The minimum atomic E-state index is 0.926. The van der Waals surface area contributed by atoms with E-state index in [1.807, 2.05) is 11.4 Å². The maximum Gasteiger partial charge on any atom is 0.0802 e. The molecule has 1 heterocycles. The Morgan fingerprint density at radius 3 is 2.89 bits per heavy atom. The van der Waals surface area contributed by atoms with Crippen LogP contribution in [0.2, 0.25) is 0 Å². The normalized spacial score (nSPS) is 8.89. The van der Waals surface area contributed by atoms with Crippen molar-refractivity contribution in [2.45, 2.75) is 0 Å². The van der Waals surface area contributed by atoms with E-state index in [-0.39, 0.29) is 0 Å². The molecule has 0 unspecified atom stereocenters. The van der Waals surface area contributed by atoms with Gasteiger partial charge in [0.15, 0.2) is 0 Å². The number of rotatable bonds is 2. The SMILES string of the molecule is C=Cc1sccc1N=C. The average Bonchev–Trinajstić information content (AvgIpc) is 2.33. The van der Waals surface area contributed by atoms with Gasteiger partial charge in [-0.25, -0.2) is 0 Å². The molecule has 1 rings (SSSR count). The van der Waals surface area contributed by atoms with Crippen LogP contribution in [-0.2, 0) is 0 Å². The van der Waals surface area contributed by atoms with Gasteiger partial charge in [0.2, 0.25) is 0 Å². The van der Waals surface area contributed by atoms with Crippen LogP contribution in [0.5, 0.6) is 0 Å². The van der Waals surface area contributed by atoms with Crippen molar-refractivity contribution in [3.8, 4) is 0 Å². The van der Waals surface area contributed by atoms with E-state index in [1.54, 1.807) is 17.4 Å². The monoisotopic (exact) mass is 137 g/mol. The fourth-order valence-electron chi connectivity index (χ4n) is 0.598. The van der Waals surface area contributed by atoms with Gasteiger partial charge in [0.05, 0.1) is 10.6 Å². The van der Waals surface area contributed by atoms with Gasteiger partial charge in [-0.15, -0.1) is 11.3 Å². The van der Waals surface area contributed by atoms with Crippen LogP contribution in [0.25, 0.3) is 6.08 Å². The van der Waals surface area contributed by atoms with Crippen LogP contribution in [0.4, 0.5) is 5.69 Å². The maximum atomic E-state index is 3.79. The predicted octanol–water partition coefficient (Wildman–Crippen LogP) is 2.72. The minimum absolute atomic E-state index is 0.926. The van der Waals surface area contributed by atoms with Crippen LogP contribution in [0.15, 0.2) is 23.0 Å². The zero-order valence-electron chi connectivity index (χ0n) is 5.00. The molecule has 1 aromatic heterocycles. The molecule has 0 spiro atoms. The molecule has 0 saturated carbocycles. The summed E-state index contributed by atoms with van der Waals surface area (Å²) in [5.74, 6) is 0. The third-order valence-electron chi connectivity index (χ3n) is 1.03. The van der Waals surface area contributed by atoms with Crippen molar-refractivity contribution in [1.29, 1.82) is 0 Å². The first-order valence-corrected chi connectivity index (χ1v) is 3.43. The lowest BCUT2D eigenvalue weighted by atomic mass is 10.4. The smallest absolute Gasteiger partial charge is 0.0802 e. The highest BCUT2D eigenvalue weighted by molar-refractivity contribution is 7.11. The number of thiophene rings is 1. The Labute approximate surface area is 58.4 Å². The summed E-state index contributed by atoms with van der Waals surface area (Å²) in [6.07, 6.45) is 1.79. The lowest BCUT2D eigenvalue weighted by Gasteiger charge is -1.84. The molecular formula is C7H7NS. The highest BCUT2D eigenvalue weighted by atomic mass is 32.1. The highest BCUT2D eigenvalue weighted by Crippen LogP contribution is 2.24. The van der Waals surface area contributed by atoms with Crippen LogP contribution in [-0.4, -0.2) is 6.72 Å². The van der Waals surface area contributed by atoms with Gasteiger partial charge in [0.25, 0.3) is 0 Å². The van der Waals surface area contributed by atoms with Crippen LogP contribution < -0.4 is 0 Å². The van der Waals surface area contributed by atoms with Crippen molar-refractivity contribution >= 4 is 29.8 Å². The molecule has 0 atom stereocenters. The second kappa shape index (κ2) is 2.60. The van der Waals surface area contributed by atoms with E-state index in [0.717, 1.165) is 10.6 Å². The van der Waals surface area contributed by atoms with Gasteiger partial charge in [0.1, 0.15) is 0 Å². The Hall–Kier alpha value is -0.890. The van der Waals surface area contributed by atoms with Gasteiger partial charge in [-0.1, -0.05) is 6.58 Å². The summed E-state index contributed by atoms with van der Waals surface area (Å²) in [5, 5.41) is 1.97. The van der Waals surface area contributed by atoms with E-state index in [9.17, 15) is 0 Å². The second-order valence-electron chi connectivity index (χ2n) is 1.53. The molecule has 0 amide bonds. The molecule has 0 aliphatic carbocycles. The number of aliphatic imine (C=N–C) groups is 1. The van der Waals surface area contributed by atoms with Crippen molar-refractivity contribution < 1.29 is 0 Å². The van der Waals surface area contributed by atoms with Gasteiger partial charge in [0, 0.05) is 0 Å². The maximum absolute atomic E-state index is 3.79. The lowest BCUT2D eigenvalue weighted by molar-refractivity contribution is 1.61. The number of hydrogen-bond acceptors (Lipinski definition) is 2. The Balaban J connectivity index is 3.12. The molecule has 0 bridgehead atoms. The van der Waals surface area contributed by atoms with Crippen molar-refractivity contribution in [3.05, 3.63) is 22.9 Å². The van der Waals surface area contributed by atoms with Gasteiger partial charge < -0.3 is 0 Å². The molecule has 0 fully saturated rings. The molecule has 0 N–H and O–H groups in total. The zero-order chi connectivity index (χ0) is 6.69. The molecular weight excluding hydrogens is 130 g/mol. The highest BCUT2D eigenvalue weighted by Gasteiger charge is 1.94.